The normalized spacial score (nSPS) is 17.7. The Morgan fingerprint density at radius 3 is 2.32 bits per heavy atom. The van der Waals surface area contributed by atoms with Crippen molar-refractivity contribution in [2.24, 2.45) is 5.14 Å². The van der Waals surface area contributed by atoms with E-state index in [4.69, 9.17) is 5.14 Å². The summed E-state index contributed by atoms with van der Waals surface area (Å²) in [6.07, 6.45) is 5.63. The third-order valence-corrected chi connectivity index (χ3v) is 4.93. The van der Waals surface area contributed by atoms with Crippen LogP contribution >= 0.6 is 0 Å². The van der Waals surface area contributed by atoms with Gasteiger partial charge in [-0.25, -0.2) is 18.4 Å². The summed E-state index contributed by atoms with van der Waals surface area (Å²) in [7, 11) is -3.69. The first-order chi connectivity index (χ1) is 10.4. The second-order valence-electron chi connectivity index (χ2n) is 5.79. The van der Waals surface area contributed by atoms with E-state index in [-0.39, 0.29) is 23.0 Å². The van der Waals surface area contributed by atoms with Crippen molar-refractivity contribution in [1.29, 1.82) is 0 Å². The van der Waals surface area contributed by atoms with Gasteiger partial charge in [-0.15, -0.1) is 0 Å². The summed E-state index contributed by atoms with van der Waals surface area (Å²) in [4.78, 5) is 12.0. The number of urea groups is 1. The quantitative estimate of drug-likeness (QED) is 0.789. The zero-order chi connectivity index (χ0) is 16.2. The number of hydrogen-bond acceptors (Lipinski definition) is 3. The molecule has 1 saturated carbocycles. The molecule has 0 radical (unpaired) electrons. The maximum atomic E-state index is 12.0. The molecule has 1 atom stereocenters. The highest BCUT2D eigenvalue weighted by molar-refractivity contribution is 7.89. The molecule has 22 heavy (non-hydrogen) atoms. The van der Waals surface area contributed by atoms with Gasteiger partial charge in [0.2, 0.25) is 10.0 Å². The van der Waals surface area contributed by atoms with Crippen molar-refractivity contribution in [3.05, 3.63) is 29.8 Å². The predicted molar refractivity (Wildman–Crippen MR) is 84.8 cm³/mol. The molecular weight excluding hydrogens is 302 g/mol. The highest BCUT2D eigenvalue weighted by atomic mass is 32.2. The van der Waals surface area contributed by atoms with Crippen LogP contribution in [0.15, 0.2) is 29.2 Å². The van der Waals surface area contributed by atoms with E-state index in [9.17, 15) is 13.2 Å². The number of sulfonamides is 1. The molecule has 1 unspecified atom stereocenters. The van der Waals surface area contributed by atoms with Gasteiger partial charge in [0.1, 0.15) is 0 Å². The van der Waals surface area contributed by atoms with Gasteiger partial charge in [-0.05, 0) is 37.5 Å². The maximum Gasteiger partial charge on any atom is 0.315 e. The van der Waals surface area contributed by atoms with E-state index in [2.05, 4.69) is 10.6 Å². The zero-order valence-electron chi connectivity index (χ0n) is 12.7. The minimum absolute atomic E-state index is 0.0649. The minimum atomic E-state index is -3.69. The highest BCUT2D eigenvalue weighted by Crippen LogP contribution is 2.18. The Bertz CT molecular complexity index is 607. The lowest BCUT2D eigenvalue weighted by molar-refractivity contribution is 0.229. The molecule has 122 valence electrons. The monoisotopic (exact) mass is 325 g/mol. The molecule has 2 rings (SSSR count). The molecule has 4 N–H and O–H groups in total. The van der Waals surface area contributed by atoms with Crippen molar-refractivity contribution in [1.82, 2.24) is 10.6 Å². The summed E-state index contributed by atoms with van der Waals surface area (Å²) in [5.41, 5.74) is 0.825. The van der Waals surface area contributed by atoms with E-state index >= 15 is 0 Å². The number of hydrogen-bond donors (Lipinski definition) is 3. The Kier molecular flexibility index (Phi) is 5.42. The average molecular weight is 325 g/mol. The van der Waals surface area contributed by atoms with Crippen LogP contribution in [0.2, 0.25) is 0 Å². The van der Waals surface area contributed by atoms with Crippen molar-refractivity contribution in [3.8, 4) is 0 Å². The van der Waals surface area contributed by atoms with E-state index in [1.54, 1.807) is 12.1 Å². The summed E-state index contributed by atoms with van der Waals surface area (Å²) < 4.78 is 22.4. The third kappa shape index (κ3) is 4.71. The van der Waals surface area contributed by atoms with Gasteiger partial charge in [-0.1, -0.05) is 31.4 Å². The van der Waals surface area contributed by atoms with E-state index < -0.39 is 10.0 Å². The molecule has 2 amide bonds. The molecule has 1 aromatic carbocycles. The molecule has 1 fully saturated rings. The van der Waals surface area contributed by atoms with Gasteiger partial charge >= 0.3 is 6.03 Å². The fraction of sp³-hybridized carbons (Fsp3) is 0.533. The van der Waals surface area contributed by atoms with Gasteiger partial charge in [0.05, 0.1) is 10.9 Å². The van der Waals surface area contributed by atoms with E-state index in [0.29, 0.717) is 0 Å². The summed E-state index contributed by atoms with van der Waals surface area (Å²) in [6, 6.07) is 6.07. The molecule has 1 aliphatic rings. The molecule has 0 saturated heterocycles. The van der Waals surface area contributed by atoms with Gasteiger partial charge in [-0.3, -0.25) is 0 Å². The van der Waals surface area contributed by atoms with Crippen molar-refractivity contribution in [2.45, 2.75) is 56.0 Å². The zero-order valence-corrected chi connectivity index (χ0v) is 13.5. The number of nitrogens with two attached hydrogens (primary N) is 1. The van der Waals surface area contributed by atoms with Crippen LogP contribution in [0.4, 0.5) is 4.79 Å². The highest BCUT2D eigenvalue weighted by Gasteiger charge is 2.17. The first-order valence-corrected chi connectivity index (χ1v) is 9.10. The van der Waals surface area contributed by atoms with Crippen LogP contribution in [0, 0.1) is 0 Å². The number of nitrogens with one attached hydrogen (secondary N) is 2. The Morgan fingerprint density at radius 1 is 1.18 bits per heavy atom. The second kappa shape index (κ2) is 7.11. The van der Waals surface area contributed by atoms with Gasteiger partial charge in [0, 0.05) is 6.04 Å². The molecule has 0 aromatic heterocycles. The fourth-order valence-corrected chi connectivity index (χ4v) is 3.22. The molecule has 0 aliphatic heterocycles. The number of amides is 2. The molecule has 6 nitrogen and oxygen atoms in total. The molecule has 0 bridgehead atoms. The van der Waals surface area contributed by atoms with Gasteiger partial charge < -0.3 is 10.6 Å². The summed E-state index contributed by atoms with van der Waals surface area (Å²) in [6.45, 7) is 1.85. The topological polar surface area (TPSA) is 101 Å². The van der Waals surface area contributed by atoms with Crippen molar-refractivity contribution in [2.75, 3.05) is 0 Å². The number of rotatable bonds is 4. The van der Waals surface area contributed by atoms with Crippen LogP contribution in [0.25, 0.3) is 0 Å². The molecule has 7 heteroatoms. The molecular formula is C15H23N3O3S. The summed E-state index contributed by atoms with van der Waals surface area (Å²) in [5.74, 6) is 0. The molecule has 0 spiro atoms. The van der Waals surface area contributed by atoms with E-state index in [1.807, 2.05) is 6.92 Å². The lowest BCUT2D eigenvalue weighted by atomic mass is 9.96. The smallest absolute Gasteiger partial charge is 0.315 e. The average Bonchev–Trinajstić information content (AvgIpc) is 2.47. The summed E-state index contributed by atoms with van der Waals surface area (Å²) >= 11 is 0. The van der Waals surface area contributed by atoms with Gasteiger partial charge in [0.15, 0.2) is 0 Å². The van der Waals surface area contributed by atoms with Gasteiger partial charge in [-0.2, -0.15) is 0 Å². The maximum absolute atomic E-state index is 12.0. The molecule has 0 heterocycles. The SMILES string of the molecule is CC(NC(=O)NC1CCCCC1)c1ccc(S(N)(=O)=O)cc1. The van der Waals surface area contributed by atoms with Crippen LogP contribution in [0.3, 0.4) is 0 Å². The van der Waals surface area contributed by atoms with Crippen LogP contribution < -0.4 is 15.8 Å². The minimum Gasteiger partial charge on any atom is -0.335 e. The van der Waals surface area contributed by atoms with Gasteiger partial charge in [0.25, 0.3) is 0 Å². The van der Waals surface area contributed by atoms with E-state index in [0.717, 1.165) is 31.2 Å². The van der Waals surface area contributed by atoms with Crippen LogP contribution in [-0.2, 0) is 10.0 Å². The van der Waals surface area contributed by atoms with Crippen molar-refractivity contribution < 1.29 is 13.2 Å². The van der Waals surface area contributed by atoms with Crippen LogP contribution in [-0.4, -0.2) is 20.5 Å². The molecule has 1 aliphatic carbocycles. The third-order valence-electron chi connectivity index (χ3n) is 4.00. The Hall–Kier alpha value is -1.60. The number of benzene rings is 1. The van der Waals surface area contributed by atoms with Crippen LogP contribution in [0.1, 0.15) is 50.6 Å². The first kappa shape index (κ1) is 16.8. The lowest BCUT2D eigenvalue weighted by Crippen LogP contribution is -2.43. The number of primary sulfonamides is 1. The predicted octanol–water partition coefficient (Wildman–Crippen LogP) is 2.03. The fourth-order valence-electron chi connectivity index (χ4n) is 2.70. The standard InChI is InChI=1S/C15H23N3O3S/c1-11(12-7-9-14(10-8-12)22(16,20)21)17-15(19)18-13-5-3-2-4-6-13/h7-11,13H,2-6H2,1H3,(H2,16,20,21)(H2,17,18,19). The largest absolute Gasteiger partial charge is 0.335 e. The number of carbonyl (C=O) groups excluding carboxylic acids is 1. The Morgan fingerprint density at radius 2 is 1.77 bits per heavy atom. The first-order valence-electron chi connectivity index (χ1n) is 7.56. The Balaban J connectivity index is 1.90. The second-order valence-corrected chi connectivity index (χ2v) is 7.35. The van der Waals surface area contributed by atoms with Crippen molar-refractivity contribution >= 4 is 16.1 Å². The lowest BCUT2D eigenvalue weighted by Gasteiger charge is -2.24. The summed E-state index contributed by atoms with van der Waals surface area (Å²) in [5, 5.41) is 10.9. The van der Waals surface area contributed by atoms with Crippen molar-refractivity contribution in [3.63, 3.8) is 0 Å². The molecule has 1 aromatic rings. The van der Waals surface area contributed by atoms with E-state index in [1.165, 1.54) is 18.6 Å². The Labute approximate surface area is 131 Å². The van der Waals surface area contributed by atoms with Crippen LogP contribution in [0.5, 0.6) is 0 Å². The number of carbonyl (C=O) groups is 1.